The van der Waals surface area contributed by atoms with E-state index in [0.29, 0.717) is 24.1 Å². The molecule has 6 heteroatoms. The standard InChI is InChI=1S/C20H20N4O2/c1-3-18(25)24(2)17-7-5-4-6-15(17)20-22-19(23-26-20)14-10-11-21-16(12-14)13-8-9-13/h4-7,10-13H,3,8-9H2,1-2H3. The van der Waals surface area contributed by atoms with Crippen molar-refractivity contribution in [2.24, 2.45) is 0 Å². The summed E-state index contributed by atoms with van der Waals surface area (Å²) in [6, 6.07) is 11.5. The van der Waals surface area contributed by atoms with E-state index in [1.54, 1.807) is 18.1 Å². The molecule has 1 amide bonds. The minimum atomic E-state index is 0.0281. The van der Waals surface area contributed by atoms with Crippen LogP contribution in [-0.4, -0.2) is 28.1 Å². The van der Waals surface area contributed by atoms with E-state index in [-0.39, 0.29) is 5.91 Å². The first-order chi connectivity index (χ1) is 12.7. The Morgan fingerprint density at radius 3 is 2.85 bits per heavy atom. The normalized spacial score (nSPS) is 13.6. The molecule has 6 nitrogen and oxygen atoms in total. The van der Waals surface area contributed by atoms with Crippen LogP contribution in [0.2, 0.25) is 0 Å². The highest BCUT2D eigenvalue weighted by molar-refractivity contribution is 5.96. The van der Waals surface area contributed by atoms with Crippen molar-refractivity contribution in [2.75, 3.05) is 11.9 Å². The van der Waals surface area contributed by atoms with Crippen molar-refractivity contribution >= 4 is 11.6 Å². The van der Waals surface area contributed by atoms with E-state index in [1.165, 1.54) is 12.8 Å². The first-order valence-corrected chi connectivity index (χ1v) is 8.83. The quantitative estimate of drug-likeness (QED) is 0.695. The van der Waals surface area contributed by atoms with Gasteiger partial charge in [0.15, 0.2) is 0 Å². The van der Waals surface area contributed by atoms with Crippen molar-refractivity contribution in [3.05, 3.63) is 48.3 Å². The fourth-order valence-corrected chi connectivity index (χ4v) is 2.96. The molecule has 1 aliphatic carbocycles. The second-order valence-electron chi connectivity index (χ2n) is 6.49. The van der Waals surface area contributed by atoms with Crippen LogP contribution in [0.15, 0.2) is 47.1 Å². The second kappa shape index (κ2) is 6.71. The van der Waals surface area contributed by atoms with Crippen LogP contribution in [0.4, 0.5) is 5.69 Å². The Kier molecular flexibility index (Phi) is 4.24. The summed E-state index contributed by atoms with van der Waals surface area (Å²) >= 11 is 0. The highest BCUT2D eigenvalue weighted by Crippen LogP contribution is 2.40. The van der Waals surface area contributed by atoms with Crippen molar-refractivity contribution in [2.45, 2.75) is 32.1 Å². The molecule has 2 heterocycles. The van der Waals surface area contributed by atoms with Crippen LogP contribution in [-0.2, 0) is 4.79 Å². The van der Waals surface area contributed by atoms with Gasteiger partial charge < -0.3 is 9.42 Å². The van der Waals surface area contributed by atoms with Crippen molar-refractivity contribution < 1.29 is 9.32 Å². The van der Waals surface area contributed by atoms with Gasteiger partial charge in [0.05, 0.1) is 11.3 Å². The first kappa shape index (κ1) is 16.4. The molecule has 132 valence electrons. The highest BCUT2D eigenvalue weighted by atomic mass is 16.5. The molecule has 0 bridgehead atoms. The van der Waals surface area contributed by atoms with Gasteiger partial charge in [0.1, 0.15) is 0 Å². The Morgan fingerprint density at radius 1 is 1.27 bits per heavy atom. The number of aromatic nitrogens is 3. The predicted octanol–water partition coefficient (Wildman–Crippen LogP) is 4.05. The number of para-hydroxylation sites is 1. The van der Waals surface area contributed by atoms with Crippen molar-refractivity contribution in [3.8, 4) is 22.8 Å². The average Bonchev–Trinajstić information content (AvgIpc) is 3.43. The fourth-order valence-electron chi connectivity index (χ4n) is 2.96. The smallest absolute Gasteiger partial charge is 0.260 e. The molecule has 0 atom stereocenters. The molecule has 0 aliphatic heterocycles. The molecular formula is C20H20N4O2. The summed E-state index contributed by atoms with van der Waals surface area (Å²) in [5, 5.41) is 4.13. The van der Waals surface area contributed by atoms with Crippen molar-refractivity contribution in [3.63, 3.8) is 0 Å². The topological polar surface area (TPSA) is 72.1 Å². The number of carbonyl (C=O) groups is 1. The lowest BCUT2D eigenvalue weighted by molar-refractivity contribution is -0.118. The van der Waals surface area contributed by atoms with Gasteiger partial charge in [0, 0.05) is 36.8 Å². The maximum atomic E-state index is 12.1. The zero-order valence-corrected chi connectivity index (χ0v) is 14.8. The maximum Gasteiger partial charge on any atom is 0.260 e. The summed E-state index contributed by atoms with van der Waals surface area (Å²) in [4.78, 5) is 22.7. The van der Waals surface area contributed by atoms with E-state index in [2.05, 4.69) is 15.1 Å². The molecule has 4 rings (SSSR count). The summed E-state index contributed by atoms with van der Waals surface area (Å²) in [6.45, 7) is 1.84. The maximum absolute atomic E-state index is 12.1. The zero-order valence-electron chi connectivity index (χ0n) is 14.8. The second-order valence-corrected chi connectivity index (χ2v) is 6.49. The van der Waals surface area contributed by atoms with Crippen LogP contribution in [0.3, 0.4) is 0 Å². The number of carbonyl (C=O) groups excluding carboxylic acids is 1. The third-order valence-corrected chi connectivity index (χ3v) is 4.63. The summed E-state index contributed by atoms with van der Waals surface area (Å²) in [7, 11) is 1.76. The first-order valence-electron chi connectivity index (χ1n) is 8.83. The summed E-state index contributed by atoms with van der Waals surface area (Å²) in [6.07, 6.45) is 4.61. The van der Waals surface area contributed by atoms with E-state index < -0.39 is 0 Å². The van der Waals surface area contributed by atoms with Gasteiger partial charge in [0.25, 0.3) is 5.89 Å². The van der Waals surface area contributed by atoms with Crippen LogP contribution < -0.4 is 4.90 Å². The Balaban J connectivity index is 1.69. The van der Waals surface area contributed by atoms with Crippen LogP contribution >= 0.6 is 0 Å². The Morgan fingerprint density at radius 2 is 2.08 bits per heavy atom. The third kappa shape index (κ3) is 3.10. The van der Waals surface area contributed by atoms with E-state index in [4.69, 9.17) is 4.52 Å². The molecule has 1 aromatic carbocycles. The van der Waals surface area contributed by atoms with Gasteiger partial charge in [-0.25, -0.2) is 0 Å². The van der Waals surface area contributed by atoms with E-state index in [0.717, 1.165) is 22.5 Å². The van der Waals surface area contributed by atoms with Crippen molar-refractivity contribution in [1.29, 1.82) is 0 Å². The number of hydrogen-bond acceptors (Lipinski definition) is 5. The minimum absolute atomic E-state index is 0.0281. The number of hydrogen-bond donors (Lipinski definition) is 0. The highest BCUT2D eigenvalue weighted by Gasteiger charge is 2.25. The molecule has 3 aromatic rings. The van der Waals surface area contributed by atoms with Gasteiger partial charge in [-0.05, 0) is 37.1 Å². The Bertz CT molecular complexity index is 946. The van der Waals surface area contributed by atoms with E-state index in [1.807, 2.05) is 43.3 Å². The van der Waals surface area contributed by atoms with Gasteiger partial charge in [0.2, 0.25) is 11.7 Å². The average molecular weight is 348 g/mol. The van der Waals surface area contributed by atoms with Gasteiger partial charge in [-0.15, -0.1) is 0 Å². The zero-order chi connectivity index (χ0) is 18.1. The number of nitrogens with zero attached hydrogens (tertiary/aromatic N) is 4. The molecular weight excluding hydrogens is 328 g/mol. The summed E-state index contributed by atoms with van der Waals surface area (Å²) in [5.41, 5.74) is 3.48. The molecule has 0 unspecified atom stereocenters. The Labute approximate surface area is 151 Å². The lowest BCUT2D eigenvalue weighted by atomic mass is 10.1. The molecule has 0 N–H and O–H groups in total. The molecule has 2 aromatic heterocycles. The van der Waals surface area contributed by atoms with E-state index >= 15 is 0 Å². The number of benzene rings is 1. The molecule has 1 saturated carbocycles. The number of amides is 1. The van der Waals surface area contributed by atoms with Crippen LogP contribution in [0.1, 0.15) is 37.8 Å². The number of rotatable bonds is 5. The third-order valence-electron chi connectivity index (χ3n) is 4.63. The minimum Gasteiger partial charge on any atom is -0.334 e. The van der Waals surface area contributed by atoms with E-state index in [9.17, 15) is 4.79 Å². The molecule has 26 heavy (non-hydrogen) atoms. The molecule has 0 radical (unpaired) electrons. The fraction of sp³-hybridized carbons (Fsp3) is 0.300. The number of anilines is 1. The van der Waals surface area contributed by atoms with Gasteiger partial charge in [-0.3, -0.25) is 9.78 Å². The molecule has 1 fully saturated rings. The lowest BCUT2D eigenvalue weighted by Crippen LogP contribution is -2.25. The molecule has 0 saturated heterocycles. The monoisotopic (exact) mass is 348 g/mol. The number of pyridine rings is 1. The summed E-state index contributed by atoms with van der Waals surface area (Å²) < 4.78 is 5.51. The Hall–Kier alpha value is -3.02. The largest absolute Gasteiger partial charge is 0.334 e. The van der Waals surface area contributed by atoms with Crippen molar-refractivity contribution in [1.82, 2.24) is 15.1 Å². The van der Waals surface area contributed by atoms with Crippen LogP contribution in [0, 0.1) is 0 Å². The van der Waals surface area contributed by atoms with Crippen LogP contribution in [0.25, 0.3) is 22.8 Å². The van der Waals surface area contributed by atoms with Gasteiger partial charge in [-0.1, -0.05) is 24.2 Å². The lowest BCUT2D eigenvalue weighted by Gasteiger charge is -2.18. The summed E-state index contributed by atoms with van der Waals surface area (Å²) in [5.74, 6) is 1.52. The molecule has 0 spiro atoms. The molecule has 1 aliphatic rings. The van der Waals surface area contributed by atoms with Crippen LogP contribution in [0.5, 0.6) is 0 Å². The van der Waals surface area contributed by atoms with Gasteiger partial charge in [-0.2, -0.15) is 4.98 Å². The SMILES string of the molecule is CCC(=O)N(C)c1ccccc1-c1nc(-c2ccnc(C3CC3)c2)no1. The predicted molar refractivity (Wildman–Crippen MR) is 98.6 cm³/mol. The van der Waals surface area contributed by atoms with Gasteiger partial charge >= 0.3 is 0 Å².